The minimum absolute atomic E-state index is 0.0533. The molecule has 0 aliphatic carbocycles. The molecule has 0 unspecified atom stereocenters. The molecule has 0 saturated carbocycles. The van der Waals surface area contributed by atoms with Gasteiger partial charge in [-0.1, -0.05) is 29.8 Å². The molecule has 0 fully saturated rings. The Morgan fingerprint density at radius 3 is 2.58 bits per heavy atom. The van der Waals surface area contributed by atoms with Gasteiger partial charge in [-0.2, -0.15) is 0 Å². The zero-order valence-electron chi connectivity index (χ0n) is 13.5. The van der Waals surface area contributed by atoms with Crippen LogP contribution in [0.4, 0.5) is 15.8 Å². The van der Waals surface area contributed by atoms with Gasteiger partial charge in [0.25, 0.3) is 0 Å². The van der Waals surface area contributed by atoms with Gasteiger partial charge >= 0.3 is 0 Å². The van der Waals surface area contributed by atoms with Gasteiger partial charge < -0.3 is 5.32 Å². The van der Waals surface area contributed by atoms with E-state index in [4.69, 9.17) is 11.6 Å². The van der Waals surface area contributed by atoms with Gasteiger partial charge in [0.1, 0.15) is 5.82 Å². The molecule has 26 heavy (non-hydrogen) atoms. The summed E-state index contributed by atoms with van der Waals surface area (Å²) >= 11 is 5.81. The summed E-state index contributed by atoms with van der Waals surface area (Å²) in [6.07, 6.45) is 3.54. The van der Waals surface area contributed by atoms with Crippen LogP contribution in [0.3, 0.4) is 0 Å². The fraction of sp³-hybridized carbons (Fsp3) is 0.0500. The van der Waals surface area contributed by atoms with Crippen molar-refractivity contribution in [2.24, 2.45) is 4.99 Å². The molecule has 0 spiro atoms. The number of hydrogen-bond donors (Lipinski definition) is 1. The third kappa shape index (κ3) is 3.21. The highest BCUT2D eigenvalue weighted by Gasteiger charge is 2.19. The third-order valence-corrected chi connectivity index (χ3v) is 4.40. The molecule has 1 N–H and O–H groups in total. The van der Waals surface area contributed by atoms with E-state index in [1.165, 1.54) is 12.1 Å². The number of hydrogen-bond acceptors (Lipinski definition) is 3. The average Bonchev–Trinajstić information content (AvgIpc) is 2.81. The molecule has 3 aromatic rings. The lowest BCUT2D eigenvalue weighted by Crippen LogP contribution is -2.15. The van der Waals surface area contributed by atoms with Gasteiger partial charge in [0.15, 0.2) is 0 Å². The van der Waals surface area contributed by atoms with Crippen LogP contribution < -0.4 is 5.32 Å². The molecule has 1 amide bonds. The van der Waals surface area contributed by atoms with E-state index in [0.29, 0.717) is 17.1 Å². The van der Waals surface area contributed by atoms with Crippen molar-refractivity contribution >= 4 is 34.6 Å². The number of aliphatic imine (C=N–C) groups is 1. The second kappa shape index (κ2) is 6.69. The number of pyridine rings is 1. The van der Waals surface area contributed by atoms with Crippen LogP contribution in [0.5, 0.6) is 0 Å². The lowest BCUT2D eigenvalue weighted by atomic mass is 10.0. The van der Waals surface area contributed by atoms with Crippen LogP contribution in [0.15, 0.2) is 65.9 Å². The zero-order chi connectivity index (χ0) is 18.1. The number of aromatic nitrogens is 1. The molecule has 4 rings (SSSR count). The van der Waals surface area contributed by atoms with Gasteiger partial charge in [-0.25, -0.2) is 9.38 Å². The van der Waals surface area contributed by atoms with E-state index >= 15 is 0 Å². The Hall–Kier alpha value is -3.05. The Morgan fingerprint density at radius 1 is 1.00 bits per heavy atom. The summed E-state index contributed by atoms with van der Waals surface area (Å²) in [5, 5.41) is 2.67. The molecule has 4 nitrogen and oxygen atoms in total. The van der Waals surface area contributed by atoms with Crippen LogP contribution in [0.1, 0.15) is 12.0 Å². The van der Waals surface area contributed by atoms with E-state index in [1.54, 1.807) is 12.4 Å². The van der Waals surface area contributed by atoms with Crippen molar-refractivity contribution in [1.82, 2.24) is 4.98 Å². The molecule has 2 aromatic carbocycles. The van der Waals surface area contributed by atoms with Crippen LogP contribution >= 0.6 is 11.6 Å². The largest absolute Gasteiger partial charge is 0.324 e. The lowest BCUT2D eigenvalue weighted by molar-refractivity contribution is -0.115. The maximum absolute atomic E-state index is 13.8. The fourth-order valence-electron chi connectivity index (χ4n) is 2.85. The molecule has 1 aliphatic heterocycles. The average molecular weight is 366 g/mol. The molecule has 0 atom stereocenters. The van der Waals surface area contributed by atoms with E-state index in [9.17, 15) is 9.18 Å². The van der Waals surface area contributed by atoms with Gasteiger partial charge in [0, 0.05) is 18.5 Å². The van der Waals surface area contributed by atoms with Crippen LogP contribution in [0.25, 0.3) is 11.1 Å². The molecule has 1 aromatic heterocycles. The number of anilines is 1. The number of halogens is 2. The molecular weight excluding hydrogens is 353 g/mol. The molecule has 0 radical (unpaired) electrons. The molecule has 2 heterocycles. The molecular formula is C20H13ClFN3O. The van der Waals surface area contributed by atoms with Gasteiger partial charge in [-0.3, -0.25) is 9.78 Å². The Kier molecular flexibility index (Phi) is 4.22. The van der Waals surface area contributed by atoms with Crippen LogP contribution in [-0.4, -0.2) is 16.6 Å². The van der Waals surface area contributed by atoms with Crippen molar-refractivity contribution in [3.8, 4) is 11.1 Å². The summed E-state index contributed by atoms with van der Waals surface area (Å²) in [4.78, 5) is 20.8. The summed E-state index contributed by atoms with van der Waals surface area (Å²) in [5.41, 5.74) is 4.12. The first-order valence-electron chi connectivity index (χ1n) is 7.97. The summed E-state index contributed by atoms with van der Waals surface area (Å²) in [7, 11) is 0. The number of fused-ring (bicyclic) bond motifs is 1. The Labute approximate surface area is 154 Å². The minimum Gasteiger partial charge on any atom is -0.324 e. The van der Waals surface area contributed by atoms with E-state index < -0.39 is 5.82 Å². The first kappa shape index (κ1) is 16.4. The predicted octanol–water partition coefficient (Wildman–Crippen LogP) is 5.00. The minimum atomic E-state index is -0.574. The second-order valence-electron chi connectivity index (χ2n) is 5.88. The normalized spacial score (nSPS) is 13.5. The maximum atomic E-state index is 13.8. The maximum Gasteiger partial charge on any atom is 0.230 e. The number of benzene rings is 2. The Morgan fingerprint density at radius 2 is 1.77 bits per heavy atom. The summed E-state index contributed by atoms with van der Waals surface area (Å²) in [6, 6.07) is 14.1. The first-order valence-corrected chi connectivity index (χ1v) is 8.35. The number of amides is 1. The summed E-state index contributed by atoms with van der Waals surface area (Å²) in [6.45, 7) is 0. The van der Waals surface area contributed by atoms with Gasteiger partial charge in [-0.05, 0) is 41.0 Å². The predicted molar refractivity (Wildman–Crippen MR) is 101 cm³/mol. The van der Waals surface area contributed by atoms with E-state index in [1.807, 2.05) is 36.4 Å². The highest BCUT2D eigenvalue weighted by atomic mass is 35.5. The standard InChI is InChI=1S/C20H13ClFN3O/c21-15-9-18-19(10-16(15)22)24-17(11-20(26)25-18)14-3-1-2-13(8-14)12-4-6-23-7-5-12/h1-10H,11H2,(H,25,26). The van der Waals surface area contributed by atoms with Crippen molar-refractivity contribution in [3.63, 3.8) is 0 Å². The lowest BCUT2D eigenvalue weighted by Gasteiger charge is -2.07. The van der Waals surface area contributed by atoms with Gasteiger partial charge in [0.2, 0.25) is 5.91 Å². The monoisotopic (exact) mass is 365 g/mol. The van der Waals surface area contributed by atoms with Crippen molar-refractivity contribution in [2.45, 2.75) is 6.42 Å². The van der Waals surface area contributed by atoms with Crippen molar-refractivity contribution in [2.75, 3.05) is 5.32 Å². The third-order valence-electron chi connectivity index (χ3n) is 4.11. The quantitative estimate of drug-likeness (QED) is 0.694. The number of nitrogens with one attached hydrogen (secondary N) is 1. The van der Waals surface area contributed by atoms with Crippen molar-refractivity contribution in [1.29, 1.82) is 0 Å². The molecule has 1 aliphatic rings. The summed E-state index contributed by atoms with van der Waals surface area (Å²) in [5.74, 6) is -0.797. The SMILES string of the molecule is O=C1CC(c2cccc(-c3ccncc3)c2)=Nc2cc(F)c(Cl)cc2N1. The Balaban J connectivity index is 1.80. The van der Waals surface area contributed by atoms with Crippen LogP contribution in [-0.2, 0) is 4.79 Å². The number of carbonyl (C=O) groups excluding carboxylic acids is 1. The van der Waals surface area contributed by atoms with Crippen molar-refractivity contribution in [3.05, 3.63) is 77.3 Å². The van der Waals surface area contributed by atoms with E-state index in [2.05, 4.69) is 15.3 Å². The fourth-order valence-corrected chi connectivity index (χ4v) is 3.01. The zero-order valence-corrected chi connectivity index (χ0v) is 14.3. The number of nitrogens with zero attached hydrogens (tertiary/aromatic N) is 2. The van der Waals surface area contributed by atoms with Crippen LogP contribution in [0.2, 0.25) is 5.02 Å². The topological polar surface area (TPSA) is 54.4 Å². The number of carbonyl (C=O) groups is 1. The summed E-state index contributed by atoms with van der Waals surface area (Å²) < 4.78 is 13.8. The molecule has 6 heteroatoms. The Bertz CT molecular complexity index is 1030. The molecule has 0 bridgehead atoms. The van der Waals surface area contributed by atoms with Gasteiger partial charge in [-0.15, -0.1) is 0 Å². The van der Waals surface area contributed by atoms with Crippen molar-refractivity contribution < 1.29 is 9.18 Å². The smallest absolute Gasteiger partial charge is 0.230 e. The molecule has 0 saturated heterocycles. The number of rotatable bonds is 2. The van der Waals surface area contributed by atoms with Crippen LogP contribution in [0, 0.1) is 5.82 Å². The van der Waals surface area contributed by atoms with E-state index in [-0.39, 0.29) is 17.4 Å². The van der Waals surface area contributed by atoms with Gasteiger partial charge in [0.05, 0.1) is 28.5 Å². The second-order valence-corrected chi connectivity index (χ2v) is 6.29. The first-order chi connectivity index (χ1) is 12.6. The molecule has 128 valence electrons. The highest BCUT2D eigenvalue weighted by molar-refractivity contribution is 6.31. The highest BCUT2D eigenvalue weighted by Crippen LogP contribution is 2.34. The van der Waals surface area contributed by atoms with E-state index in [0.717, 1.165) is 16.7 Å².